The molecular weight excluding hydrogens is 350 g/mol. The van der Waals surface area contributed by atoms with Crippen LogP contribution >= 0.6 is 0 Å². The minimum absolute atomic E-state index is 0.0376. The molecule has 158 valence electrons. The van der Waals surface area contributed by atoms with E-state index in [9.17, 15) is 9.59 Å². The zero-order valence-corrected chi connectivity index (χ0v) is 17.7. The number of nitrogens with one attached hydrogen (secondary N) is 2. The van der Waals surface area contributed by atoms with Crippen LogP contribution in [0, 0.1) is 23.2 Å². The fourth-order valence-electron chi connectivity index (χ4n) is 6.96. The van der Waals surface area contributed by atoms with Crippen LogP contribution in [0.5, 0.6) is 0 Å². The Balaban J connectivity index is 1.11. The number of likely N-dealkylation sites (tertiary alicyclic amines) is 1. The van der Waals surface area contributed by atoms with Gasteiger partial charge in [0.2, 0.25) is 11.8 Å². The van der Waals surface area contributed by atoms with E-state index in [0.717, 1.165) is 56.4 Å². The molecule has 5 aliphatic rings. The zero-order valence-electron chi connectivity index (χ0n) is 17.7. The average Bonchev–Trinajstić information content (AvgIpc) is 2.66. The quantitative estimate of drug-likeness (QED) is 0.627. The van der Waals surface area contributed by atoms with Gasteiger partial charge < -0.3 is 15.5 Å². The highest BCUT2D eigenvalue weighted by Crippen LogP contribution is 2.60. The van der Waals surface area contributed by atoms with Crippen molar-refractivity contribution in [2.24, 2.45) is 23.2 Å². The van der Waals surface area contributed by atoms with E-state index >= 15 is 0 Å². The third kappa shape index (κ3) is 4.55. The van der Waals surface area contributed by atoms with Crippen molar-refractivity contribution in [1.29, 1.82) is 0 Å². The second-order valence-electron chi connectivity index (χ2n) is 10.3. The Labute approximate surface area is 170 Å². The van der Waals surface area contributed by atoms with E-state index in [-0.39, 0.29) is 23.8 Å². The van der Waals surface area contributed by atoms with Gasteiger partial charge in [-0.25, -0.2) is 0 Å². The molecule has 5 fully saturated rings. The van der Waals surface area contributed by atoms with Crippen molar-refractivity contribution >= 4 is 11.8 Å². The van der Waals surface area contributed by atoms with Crippen molar-refractivity contribution in [1.82, 2.24) is 15.5 Å². The molecule has 0 spiro atoms. The van der Waals surface area contributed by atoms with Crippen molar-refractivity contribution in [3.63, 3.8) is 0 Å². The van der Waals surface area contributed by atoms with Gasteiger partial charge >= 0.3 is 0 Å². The van der Waals surface area contributed by atoms with Crippen LogP contribution in [0.4, 0.5) is 0 Å². The molecule has 1 heterocycles. The number of hydrogen-bond acceptors (Lipinski definition) is 3. The molecule has 1 aliphatic heterocycles. The zero-order chi connectivity index (χ0) is 19.6. The largest absolute Gasteiger partial charge is 0.355 e. The number of hydrogen-bond donors (Lipinski definition) is 2. The second-order valence-corrected chi connectivity index (χ2v) is 10.3. The number of rotatable bonds is 8. The predicted molar refractivity (Wildman–Crippen MR) is 111 cm³/mol. The molecule has 2 amide bonds. The molecular formula is C23H39N3O2. The Morgan fingerprint density at radius 2 is 1.64 bits per heavy atom. The summed E-state index contributed by atoms with van der Waals surface area (Å²) in [4.78, 5) is 27.6. The normalized spacial score (nSPS) is 37.0. The van der Waals surface area contributed by atoms with Crippen LogP contribution in [0.15, 0.2) is 0 Å². The molecule has 1 unspecified atom stereocenters. The lowest BCUT2D eigenvalue weighted by atomic mass is 9.49. The maximum absolute atomic E-state index is 12.9. The average molecular weight is 390 g/mol. The minimum Gasteiger partial charge on any atom is -0.355 e. The molecule has 28 heavy (non-hydrogen) atoms. The van der Waals surface area contributed by atoms with Gasteiger partial charge in [-0.15, -0.1) is 0 Å². The van der Waals surface area contributed by atoms with E-state index in [1.165, 1.54) is 45.1 Å². The SMILES string of the molecule is CC1CCCCN1CCCCNC(=O)CNC(=O)C12CC3CC(CC(C3)C1)C2. The maximum atomic E-state index is 12.9. The fraction of sp³-hybridized carbons (Fsp3) is 0.913. The van der Waals surface area contributed by atoms with E-state index < -0.39 is 0 Å². The molecule has 1 atom stereocenters. The second kappa shape index (κ2) is 8.73. The number of amides is 2. The maximum Gasteiger partial charge on any atom is 0.239 e. The van der Waals surface area contributed by atoms with Crippen LogP contribution in [0.25, 0.3) is 0 Å². The van der Waals surface area contributed by atoms with Crippen molar-refractivity contribution in [2.45, 2.75) is 83.6 Å². The number of carbonyl (C=O) groups is 2. The highest BCUT2D eigenvalue weighted by Gasteiger charge is 2.54. The smallest absolute Gasteiger partial charge is 0.239 e. The summed E-state index contributed by atoms with van der Waals surface area (Å²) in [6.45, 7) is 5.55. The number of carbonyl (C=O) groups excluding carboxylic acids is 2. The number of nitrogens with zero attached hydrogens (tertiary/aromatic N) is 1. The lowest BCUT2D eigenvalue weighted by molar-refractivity contribution is -0.147. The summed E-state index contributed by atoms with van der Waals surface area (Å²) in [6.07, 6.45) is 13.3. The summed E-state index contributed by atoms with van der Waals surface area (Å²) in [5, 5.41) is 5.97. The van der Waals surface area contributed by atoms with Crippen LogP contribution < -0.4 is 10.6 Å². The molecule has 1 saturated heterocycles. The lowest BCUT2D eigenvalue weighted by Crippen LogP contribution is -2.54. The fourth-order valence-corrected chi connectivity index (χ4v) is 6.96. The monoisotopic (exact) mass is 389 g/mol. The van der Waals surface area contributed by atoms with Gasteiger partial charge in [-0.3, -0.25) is 9.59 Å². The van der Waals surface area contributed by atoms with Crippen molar-refractivity contribution in [3.05, 3.63) is 0 Å². The van der Waals surface area contributed by atoms with Gasteiger partial charge in [0.25, 0.3) is 0 Å². The van der Waals surface area contributed by atoms with Crippen LogP contribution in [-0.4, -0.2) is 48.9 Å². The molecule has 4 bridgehead atoms. The topological polar surface area (TPSA) is 61.4 Å². The van der Waals surface area contributed by atoms with Gasteiger partial charge in [0.15, 0.2) is 0 Å². The summed E-state index contributed by atoms with van der Waals surface area (Å²) in [5.41, 5.74) is -0.153. The third-order valence-corrected chi connectivity index (χ3v) is 8.06. The molecule has 5 nitrogen and oxygen atoms in total. The van der Waals surface area contributed by atoms with E-state index in [2.05, 4.69) is 22.5 Å². The lowest BCUT2D eigenvalue weighted by Gasteiger charge is -2.55. The van der Waals surface area contributed by atoms with Crippen molar-refractivity contribution in [3.8, 4) is 0 Å². The van der Waals surface area contributed by atoms with Crippen LogP contribution in [0.2, 0.25) is 0 Å². The summed E-state index contributed by atoms with van der Waals surface area (Å²) >= 11 is 0. The molecule has 0 aromatic carbocycles. The van der Waals surface area contributed by atoms with E-state index in [4.69, 9.17) is 0 Å². The van der Waals surface area contributed by atoms with Crippen LogP contribution in [0.3, 0.4) is 0 Å². The first-order valence-corrected chi connectivity index (χ1v) is 11.8. The van der Waals surface area contributed by atoms with E-state index in [1.807, 2.05) is 0 Å². The predicted octanol–water partition coefficient (Wildman–Crippen LogP) is 3.09. The first-order valence-electron chi connectivity index (χ1n) is 11.8. The van der Waals surface area contributed by atoms with Gasteiger partial charge in [0.1, 0.15) is 0 Å². The molecule has 4 saturated carbocycles. The molecule has 0 radical (unpaired) electrons. The van der Waals surface area contributed by atoms with Gasteiger partial charge in [-0.1, -0.05) is 6.42 Å². The Morgan fingerprint density at radius 3 is 2.29 bits per heavy atom. The Morgan fingerprint density at radius 1 is 0.964 bits per heavy atom. The van der Waals surface area contributed by atoms with E-state index in [0.29, 0.717) is 12.6 Å². The highest BCUT2D eigenvalue weighted by atomic mass is 16.2. The summed E-state index contributed by atoms with van der Waals surface area (Å²) < 4.78 is 0. The highest BCUT2D eigenvalue weighted by molar-refractivity contribution is 5.88. The summed E-state index contributed by atoms with van der Waals surface area (Å²) in [6, 6.07) is 0.711. The molecule has 4 aliphatic carbocycles. The first kappa shape index (κ1) is 20.2. The van der Waals surface area contributed by atoms with Crippen molar-refractivity contribution in [2.75, 3.05) is 26.2 Å². The van der Waals surface area contributed by atoms with Crippen LogP contribution in [0.1, 0.15) is 77.6 Å². The summed E-state index contributed by atoms with van der Waals surface area (Å²) in [5.74, 6) is 2.39. The molecule has 0 aromatic rings. The number of piperidine rings is 1. The van der Waals surface area contributed by atoms with Gasteiger partial charge in [0, 0.05) is 18.0 Å². The van der Waals surface area contributed by atoms with Crippen LogP contribution in [-0.2, 0) is 9.59 Å². The van der Waals surface area contributed by atoms with Gasteiger partial charge in [-0.05, 0) is 102 Å². The Kier molecular flexibility index (Phi) is 6.29. The van der Waals surface area contributed by atoms with Gasteiger partial charge in [-0.2, -0.15) is 0 Å². The molecule has 2 N–H and O–H groups in total. The molecule has 5 rings (SSSR count). The van der Waals surface area contributed by atoms with Crippen molar-refractivity contribution < 1.29 is 9.59 Å². The number of unbranched alkanes of at least 4 members (excludes halogenated alkanes) is 1. The Bertz CT molecular complexity index is 541. The van der Waals surface area contributed by atoms with E-state index in [1.54, 1.807) is 0 Å². The third-order valence-electron chi connectivity index (χ3n) is 8.06. The molecule has 0 aromatic heterocycles. The first-order chi connectivity index (χ1) is 13.5. The minimum atomic E-state index is -0.153. The summed E-state index contributed by atoms with van der Waals surface area (Å²) in [7, 11) is 0. The standard InChI is InChI=1S/C23H39N3O2/c1-17-6-2-4-8-26(17)9-5-3-7-24-21(27)16-25-22(28)23-13-18-10-19(14-23)12-20(11-18)15-23/h17-20H,2-16H2,1H3,(H,24,27)(H,25,28). The Hall–Kier alpha value is -1.10. The van der Waals surface area contributed by atoms with Gasteiger partial charge in [0.05, 0.1) is 6.54 Å². The molecule has 5 heteroatoms.